The average Bonchev–Trinajstić information content (AvgIpc) is 3.34. The lowest BCUT2D eigenvalue weighted by Crippen LogP contribution is -2.52. The van der Waals surface area contributed by atoms with E-state index in [0.717, 1.165) is 29.3 Å². The van der Waals surface area contributed by atoms with Crippen molar-refractivity contribution < 1.29 is 52.1 Å². The van der Waals surface area contributed by atoms with Crippen molar-refractivity contribution in [2.24, 2.45) is 5.92 Å². The Morgan fingerprint density at radius 3 is 2.38 bits per heavy atom. The van der Waals surface area contributed by atoms with Gasteiger partial charge in [-0.3, -0.25) is 19.8 Å². The van der Waals surface area contributed by atoms with Crippen LogP contribution in [0.15, 0.2) is 54.6 Å². The Morgan fingerprint density at radius 1 is 1.14 bits per heavy atom. The molecule has 3 aromatic rings. The summed E-state index contributed by atoms with van der Waals surface area (Å²) < 4.78 is 42.2. The van der Waals surface area contributed by atoms with E-state index in [-0.39, 0.29) is 5.91 Å². The number of alkyl halides is 3. The molecule has 1 aliphatic rings. The highest BCUT2D eigenvalue weighted by Crippen LogP contribution is 2.29. The molecule has 0 saturated carbocycles. The first-order chi connectivity index (χ1) is 19.8. The standard InChI is InChI=1S/C25H26N4O6.C2HF3O2/c1-15-13-16(19-5-3-4-6-21(19)26-15)14-35-18-9-7-17(8-10-18)29-12-11-20(24(29)31)22(23(30)28-33)27-25(32)34-2;3-2(4,5)1(6)7/h3-10,13,20,22,33H,11-12,14H2,1-2H3,(H,27,32)(H,28,30);(H,6,7)/t20-,22+;/m1./s1. The van der Waals surface area contributed by atoms with Gasteiger partial charge in [-0.1, -0.05) is 18.2 Å². The van der Waals surface area contributed by atoms with Crippen LogP contribution in [0.1, 0.15) is 17.7 Å². The Kier molecular flexibility index (Phi) is 10.3. The first kappa shape index (κ1) is 31.6. The number of nitrogens with zero attached hydrogens (tertiary/aromatic N) is 2. The number of carbonyl (C=O) groups excluding carboxylic acids is 3. The summed E-state index contributed by atoms with van der Waals surface area (Å²) in [5.74, 6) is -4.20. The third kappa shape index (κ3) is 7.84. The van der Waals surface area contributed by atoms with Gasteiger partial charge in [-0.2, -0.15) is 13.2 Å². The van der Waals surface area contributed by atoms with Gasteiger partial charge in [0.2, 0.25) is 5.91 Å². The number of carbonyl (C=O) groups is 4. The number of carboxylic acids is 1. The molecule has 2 heterocycles. The second-order valence-corrected chi connectivity index (χ2v) is 9.00. The molecule has 1 fully saturated rings. The summed E-state index contributed by atoms with van der Waals surface area (Å²) in [6, 6.07) is 15.7. The number of amides is 3. The molecule has 4 rings (SSSR count). The lowest BCUT2D eigenvalue weighted by atomic mass is 9.97. The van der Waals surface area contributed by atoms with E-state index in [1.165, 1.54) is 10.4 Å². The van der Waals surface area contributed by atoms with Crippen LogP contribution in [-0.4, -0.2) is 65.0 Å². The van der Waals surface area contributed by atoms with Crippen LogP contribution in [0.3, 0.4) is 0 Å². The zero-order valence-electron chi connectivity index (χ0n) is 22.3. The van der Waals surface area contributed by atoms with E-state index in [9.17, 15) is 27.6 Å². The fourth-order valence-electron chi connectivity index (χ4n) is 4.27. The number of anilines is 1. The van der Waals surface area contributed by atoms with Gasteiger partial charge in [0, 0.05) is 28.9 Å². The van der Waals surface area contributed by atoms with Crippen molar-refractivity contribution in [3.8, 4) is 5.75 Å². The van der Waals surface area contributed by atoms with Gasteiger partial charge < -0.3 is 24.8 Å². The SMILES string of the molecule is COC(=O)N[C@H](C(=O)NO)[C@H]1CCN(c2ccc(OCc3cc(C)nc4ccccc34)cc2)C1=O.O=C(O)C(F)(F)F. The first-order valence-electron chi connectivity index (χ1n) is 12.3. The number of carboxylic acid groups (broad SMARTS) is 1. The summed E-state index contributed by atoms with van der Waals surface area (Å²) in [6.45, 7) is 2.66. The molecule has 1 aromatic heterocycles. The predicted octanol–water partition coefficient (Wildman–Crippen LogP) is 3.34. The van der Waals surface area contributed by atoms with Gasteiger partial charge in [0.15, 0.2) is 0 Å². The van der Waals surface area contributed by atoms with Gasteiger partial charge in [-0.05, 0) is 49.7 Å². The number of aryl methyl sites for hydroxylation is 1. The van der Waals surface area contributed by atoms with Gasteiger partial charge in [0.1, 0.15) is 18.4 Å². The second-order valence-electron chi connectivity index (χ2n) is 9.00. The topological polar surface area (TPSA) is 167 Å². The molecule has 0 bridgehead atoms. The lowest BCUT2D eigenvalue weighted by Gasteiger charge is -2.22. The predicted molar refractivity (Wildman–Crippen MR) is 141 cm³/mol. The Labute approximate surface area is 237 Å². The van der Waals surface area contributed by atoms with Crippen molar-refractivity contribution >= 4 is 40.5 Å². The van der Waals surface area contributed by atoms with Crippen molar-refractivity contribution in [1.82, 2.24) is 15.8 Å². The molecule has 224 valence electrons. The number of halogens is 3. The number of para-hydroxylation sites is 1. The number of rotatable bonds is 7. The van der Waals surface area contributed by atoms with Crippen molar-refractivity contribution in [3.05, 3.63) is 65.9 Å². The molecule has 1 aliphatic heterocycles. The summed E-state index contributed by atoms with van der Waals surface area (Å²) in [4.78, 5) is 51.7. The largest absolute Gasteiger partial charge is 0.490 e. The third-order valence-electron chi connectivity index (χ3n) is 6.22. The molecule has 2 atom stereocenters. The minimum atomic E-state index is -5.08. The molecule has 0 unspecified atom stereocenters. The summed E-state index contributed by atoms with van der Waals surface area (Å²) >= 11 is 0. The number of pyridine rings is 1. The van der Waals surface area contributed by atoms with Crippen LogP contribution in [0.4, 0.5) is 23.7 Å². The number of hydrogen-bond acceptors (Lipinski definition) is 8. The van der Waals surface area contributed by atoms with Gasteiger partial charge in [0.25, 0.3) is 5.91 Å². The summed E-state index contributed by atoms with van der Waals surface area (Å²) in [6.07, 6.45) is -5.64. The van der Waals surface area contributed by atoms with Crippen LogP contribution >= 0.6 is 0 Å². The zero-order valence-corrected chi connectivity index (χ0v) is 22.3. The van der Waals surface area contributed by atoms with Crippen LogP contribution in [0.25, 0.3) is 10.9 Å². The monoisotopic (exact) mass is 592 g/mol. The summed E-state index contributed by atoms with van der Waals surface area (Å²) in [5, 5.41) is 19.5. The maximum Gasteiger partial charge on any atom is 0.490 e. The number of alkyl carbamates (subject to hydrolysis) is 1. The van der Waals surface area contributed by atoms with E-state index < -0.39 is 36.1 Å². The van der Waals surface area contributed by atoms with Gasteiger partial charge in [-0.25, -0.2) is 15.1 Å². The van der Waals surface area contributed by atoms with E-state index in [4.69, 9.17) is 19.8 Å². The summed E-state index contributed by atoms with van der Waals surface area (Å²) in [5.41, 5.74) is 4.99. The van der Waals surface area contributed by atoms with Crippen molar-refractivity contribution in [3.63, 3.8) is 0 Å². The molecule has 12 nitrogen and oxygen atoms in total. The smallest absolute Gasteiger partial charge is 0.489 e. The molecule has 4 N–H and O–H groups in total. The molecular weight excluding hydrogens is 565 g/mol. The van der Waals surface area contributed by atoms with Crippen LogP contribution in [0, 0.1) is 12.8 Å². The van der Waals surface area contributed by atoms with Gasteiger partial charge in [0.05, 0.1) is 18.5 Å². The maximum absolute atomic E-state index is 13.0. The zero-order chi connectivity index (χ0) is 31.0. The van der Waals surface area contributed by atoms with Crippen LogP contribution < -0.4 is 20.4 Å². The third-order valence-corrected chi connectivity index (χ3v) is 6.22. The van der Waals surface area contributed by atoms with E-state index in [1.807, 2.05) is 37.3 Å². The minimum Gasteiger partial charge on any atom is -0.489 e. The Bertz CT molecular complexity index is 1450. The lowest BCUT2D eigenvalue weighted by molar-refractivity contribution is -0.192. The number of ether oxygens (including phenoxy) is 2. The Hall–Kier alpha value is -4.92. The second kappa shape index (κ2) is 13.6. The fraction of sp³-hybridized carbons (Fsp3) is 0.296. The molecule has 0 aliphatic carbocycles. The average molecular weight is 593 g/mol. The van der Waals surface area contributed by atoms with Crippen molar-refractivity contribution in [1.29, 1.82) is 0 Å². The number of hydroxylamine groups is 1. The van der Waals surface area contributed by atoms with Crippen LogP contribution in [0.5, 0.6) is 5.75 Å². The van der Waals surface area contributed by atoms with Gasteiger partial charge >= 0.3 is 18.2 Å². The van der Waals surface area contributed by atoms with Crippen molar-refractivity contribution in [2.45, 2.75) is 32.2 Å². The fourth-order valence-corrected chi connectivity index (χ4v) is 4.27. The molecular formula is C27H27F3N4O8. The normalized spacial score (nSPS) is 15.3. The van der Waals surface area contributed by atoms with Crippen LogP contribution in [0.2, 0.25) is 0 Å². The molecule has 42 heavy (non-hydrogen) atoms. The van der Waals surface area contributed by atoms with E-state index in [2.05, 4.69) is 15.0 Å². The first-order valence-corrected chi connectivity index (χ1v) is 12.3. The maximum atomic E-state index is 13.0. The molecule has 0 radical (unpaired) electrons. The number of fused-ring (bicyclic) bond motifs is 1. The van der Waals surface area contributed by atoms with E-state index in [1.54, 1.807) is 24.3 Å². The number of aliphatic carboxylic acids is 1. The number of hydrogen-bond donors (Lipinski definition) is 4. The van der Waals surface area contributed by atoms with E-state index >= 15 is 0 Å². The highest BCUT2D eigenvalue weighted by atomic mass is 19.4. The number of aromatic nitrogens is 1. The van der Waals surface area contributed by atoms with E-state index in [0.29, 0.717) is 31.0 Å². The van der Waals surface area contributed by atoms with Crippen LogP contribution in [-0.2, 0) is 25.7 Å². The molecule has 1 saturated heterocycles. The number of nitrogens with one attached hydrogen (secondary N) is 2. The number of methoxy groups -OCH3 is 1. The van der Waals surface area contributed by atoms with Crippen molar-refractivity contribution in [2.75, 3.05) is 18.6 Å². The summed E-state index contributed by atoms with van der Waals surface area (Å²) in [7, 11) is 1.15. The highest BCUT2D eigenvalue weighted by Gasteiger charge is 2.42. The molecule has 15 heteroatoms. The molecule has 3 amide bonds. The quantitative estimate of drug-likeness (QED) is 0.238. The Balaban J connectivity index is 0.000000616. The highest BCUT2D eigenvalue weighted by molar-refractivity contribution is 6.01. The Morgan fingerprint density at radius 2 is 1.79 bits per heavy atom. The van der Waals surface area contributed by atoms with Gasteiger partial charge in [-0.15, -0.1) is 0 Å². The molecule has 0 spiro atoms. The molecule has 2 aromatic carbocycles. The number of benzene rings is 2. The minimum absolute atomic E-state index is 0.313.